The number of hydrogen-bond donors (Lipinski definition) is 1. The van der Waals surface area contributed by atoms with Gasteiger partial charge in [0, 0.05) is 19.6 Å². The Morgan fingerprint density at radius 2 is 1.68 bits per heavy atom. The predicted molar refractivity (Wildman–Crippen MR) is 82.4 cm³/mol. The third-order valence-corrected chi connectivity index (χ3v) is 3.80. The summed E-state index contributed by atoms with van der Waals surface area (Å²) in [5.74, 6) is 0.740. The van der Waals surface area contributed by atoms with Crippen LogP contribution in [0, 0.1) is 5.92 Å². The lowest BCUT2D eigenvalue weighted by molar-refractivity contribution is 0.335. The molecule has 0 spiro atoms. The molecule has 1 saturated heterocycles. The van der Waals surface area contributed by atoms with Crippen LogP contribution >= 0.6 is 0 Å². The summed E-state index contributed by atoms with van der Waals surface area (Å²) in [6.45, 7) is 10.4. The lowest BCUT2D eigenvalue weighted by Gasteiger charge is -2.14. The maximum absolute atomic E-state index is 3.55. The first kappa shape index (κ1) is 14.5. The summed E-state index contributed by atoms with van der Waals surface area (Å²) in [6.07, 6.45) is 3.96. The summed E-state index contributed by atoms with van der Waals surface area (Å²) < 4.78 is 0. The van der Waals surface area contributed by atoms with E-state index in [4.69, 9.17) is 0 Å². The van der Waals surface area contributed by atoms with Crippen LogP contribution in [-0.4, -0.2) is 31.1 Å². The molecule has 1 N–H and O–H groups in total. The Labute approximate surface area is 118 Å². The molecule has 0 aromatic heterocycles. The molecule has 2 nitrogen and oxygen atoms in total. The van der Waals surface area contributed by atoms with Gasteiger partial charge in [0.05, 0.1) is 0 Å². The molecule has 1 aliphatic heterocycles. The fraction of sp³-hybridized carbons (Fsp3) is 0.647. The van der Waals surface area contributed by atoms with Gasteiger partial charge in [-0.1, -0.05) is 38.1 Å². The van der Waals surface area contributed by atoms with E-state index in [1.807, 2.05) is 0 Å². The van der Waals surface area contributed by atoms with Gasteiger partial charge in [0.25, 0.3) is 0 Å². The highest BCUT2D eigenvalue weighted by molar-refractivity contribution is 5.22. The van der Waals surface area contributed by atoms with Crippen LogP contribution in [0.1, 0.15) is 37.8 Å². The van der Waals surface area contributed by atoms with Crippen LogP contribution in [0.4, 0.5) is 0 Å². The Bertz CT molecular complexity index is 350. The van der Waals surface area contributed by atoms with Gasteiger partial charge in [-0.3, -0.25) is 0 Å². The minimum atomic E-state index is 0.740. The van der Waals surface area contributed by atoms with Crippen LogP contribution in [0.2, 0.25) is 0 Å². The molecule has 0 amide bonds. The molecule has 106 valence electrons. The minimum absolute atomic E-state index is 0.740. The molecule has 1 aromatic rings. The van der Waals surface area contributed by atoms with E-state index in [2.05, 4.69) is 48.3 Å². The zero-order valence-electron chi connectivity index (χ0n) is 12.5. The smallest absolute Gasteiger partial charge is 0.0206 e. The average Bonchev–Trinajstić information content (AvgIpc) is 2.89. The average molecular weight is 260 g/mol. The number of benzene rings is 1. The van der Waals surface area contributed by atoms with Gasteiger partial charge in [0.15, 0.2) is 0 Å². The van der Waals surface area contributed by atoms with Gasteiger partial charge < -0.3 is 10.2 Å². The van der Waals surface area contributed by atoms with Gasteiger partial charge in [-0.15, -0.1) is 0 Å². The molecule has 0 unspecified atom stereocenters. The molecule has 0 radical (unpaired) electrons. The van der Waals surface area contributed by atoms with Gasteiger partial charge in [0.2, 0.25) is 0 Å². The maximum Gasteiger partial charge on any atom is 0.0206 e. The topological polar surface area (TPSA) is 15.3 Å². The van der Waals surface area contributed by atoms with E-state index < -0.39 is 0 Å². The van der Waals surface area contributed by atoms with Gasteiger partial charge in [-0.05, 0) is 49.4 Å². The van der Waals surface area contributed by atoms with Crippen LogP contribution in [0.15, 0.2) is 24.3 Å². The van der Waals surface area contributed by atoms with Crippen LogP contribution in [0.3, 0.4) is 0 Å². The van der Waals surface area contributed by atoms with Crippen molar-refractivity contribution in [3.8, 4) is 0 Å². The van der Waals surface area contributed by atoms with Crippen LogP contribution in [-0.2, 0) is 13.0 Å². The lowest BCUT2D eigenvalue weighted by Crippen LogP contribution is -2.29. The summed E-state index contributed by atoms with van der Waals surface area (Å²) in [5.41, 5.74) is 2.85. The van der Waals surface area contributed by atoms with Crippen LogP contribution in [0.5, 0.6) is 0 Å². The number of likely N-dealkylation sites (tertiary alicyclic amines) is 1. The van der Waals surface area contributed by atoms with E-state index in [0.717, 1.165) is 19.0 Å². The van der Waals surface area contributed by atoms with Gasteiger partial charge >= 0.3 is 0 Å². The zero-order valence-corrected chi connectivity index (χ0v) is 12.5. The van der Waals surface area contributed by atoms with Gasteiger partial charge in [0.1, 0.15) is 0 Å². The lowest BCUT2D eigenvalue weighted by atomic mass is 10.0. The van der Waals surface area contributed by atoms with Crippen molar-refractivity contribution in [2.75, 3.05) is 26.2 Å². The summed E-state index contributed by atoms with van der Waals surface area (Å²) in [6, 6.07) is 9.08. The first-order valence-electron chi connectivity index (χ1n) is 7.75. The Kier molecular flexibility index (Phi) is 5.87. The van der Waals surface area contributed by atoms with Gasteiger partial charge in [-0.25, -0.2) is 0 Å². The predicted octanol–water partition coefficient (Wildman–Crippen LogP) is 3.07. The minimum Gasteiger partial charge on any atom is -0.311 e. The molecule has 1 heterocycles. The number of nitrogens with one attached hydrogen (secondary N) is 1. The molecule has 19 heavy (non-hydrogen) atoms. The molecule has 0 bridgehead atoms. The van der Waals surface area contributed by atoms with E-state index >= 15 is 0 Å². The summed E-state index contributed by atoms with van der Waals surface area (Å²) >= 11 is 0. The number of rotatable bonds is 7. The first-order chi connectivity index (χ1) is 9.24. The van der Waals surface area contributed by atoms with Crippen molar-refractivity contribution in [2.24, 2.45) is 5.92 Å². The molecular weight excluding hydrogens is 232 g/mol. The highest BCUT2D eigenvalue weighted by Gasteiger charge is 2.09. The monoisotopic (exact) mass is 260 g/mol. The molecule has 2 heteroatoms. The Morgan fingerprint density at radius 3 is 2.32 bits per heavy atom. The highest BCUT2D eigenvalue weighted by Crippen LogP contribution is 2.10. The fourth-order valence-electron chi connectivity index (χ4n) is 2.74. The van der Waals surface area contributed by atoms with E-state index in [1.165, 1.54) is 50.0 Å². The maximum atomic E-state index is 3.55. The molecule has 0 aliphatic carbocycles. The normalized spacial score (nSPS) is 16.4. The Balaban J connectivity index is 1.65. The van der Waals surface area contributed by atoms with Crippen molar-refractivity contribution < 1.29 is 0 Å². The molecular formula is C17H28N2. The Hall–Kier alpha value is -0.860. The standard InChI is InChI=1S/C17H28N2/c1-15(2)13-16-5-7-17(8-6-16)14-18-9-12-19-10-3-4-11-19/h5-8,15,18H,3-4,9-14H2,1-2H3. The van der Waals surface area contributed by atoms with E-state index in [9.17, 15) is 0 Å². The van der Waals surface area contributed by atoms with Crippen molar-refractivity contribution in [1.82, 2.24) is 10.2 Å². The second kappa shape index (κ2) is 7.66. The first-order valence-corrected chi connectivity index (χ1v) is 7.75. The van der Waals surface area contributed by atoms with E-state index in [1.54, 1.807) is 0 Å². The summed E-state index contributed by atoms with van der Waals surface area (Å²) in [4.78, 5) is 2.55. The van der Waals surface area contributed by atoms with Crippen molar-refractivity contribution in [2.45, 2.75) is 39.7 Å². The van der Waals surface area contributed by atoms with Crippen molar-refractivity contribution >= 4 is 0 Å². The molecule has 1 fully saturated rings. The Morgan fingerprint density at radius 1 is 1.05 bits per heavy atom. The second-order valence-electron chi connectivity index (χ2n) is 6.14. The van der Waals surface area contributed by atoms with Crippen LogP contribution in [0.25, 0.3) is 0 Å². The van der Waals surface area contributed by atoms with Crippen molar-refractivity contribution in [3.05, 3.63) is 35.4 Å². The third-order valence-electron chi connectivity index (χ3n) is 3.80. The summed E-state index contributed by atoms with van der Waals surface area (Å²) in [5, 5.41) is 3.55. The largest absolute Gasteiger partial charge is 0.311 e. The molecule has 0 saturated carbocycles. The molecule has 1 aromatic carbocycles. The van der Waals surface area contributed by atoms with Crippen molar-refractivity contribution in [3.63, 3.8) is 0 Å². The summed E-state index contributed by atoms with van der Waals surface area (Å²) in [7, 11) is 0. The third kappa shape index (κ3) is 5.33. The number of nitrogens with zero attached hydrogens (tertiary/aromatic N) is 1. The SMILES string of the molecule is CC(C)Cc1ccc(CNCCN2CCCC2)cc1. The molecule has 0 atom stereocenters. The number of hydrogen-bond acceptors (Lipinski definition) is 2. The van der Waals surface area contributed by atoms with Crippen molar-refractivity contribution in [1.29, 1.82) is 0 Å². The molecule has 1 aliphatic rings. The van der Waals surface area contributed by atoms with Gasteiger partial charge in [-0.2, -0.15) is 0 Å². The zero-order chi connectivity index (χ0) is 13.5. The highest BCUT2D eigenvalue weighted by atomic mass is 15.1. The quantitative estimate of drug-likeness (QED) is 0.758. The molecule has 2 rings (SSSR count). The fourth-order valence-corrected chi connectivity index (χ4v) is 2.74. The second-order valence-corrected chi connectivity index (χ2v) is 6.14. The van der Waals surface area contributed by atoms with E-state index in [-0.39, 0.29) is 0 Å². The van der Waals surface area contributed by atoms with E-state index in [0.29, 0.717) is 0 Å². The van der Waals surface area contributed by atoms with Crippen LogP contribution < -0.4 is 5.32 Å².